The van der Waals surface area contributed by atoms with E-state index >= 15 is 0 Å². The molecule has 0 N–H and O–H groups in total. The van der Waals surface area contributed by atoms with Crippen molar-refractivity contribution in [2.45, 2.75) is 32.5 Å². The second-order valence-corrected chi connectivity index (χ2v) is 7.62. The summed E-state index contributed by atoms with van der Waals surface area (Å²) >= 11 is 3.14. The largest absolute Gasteiger partial charge is 0.490 e. The van der Waals surface area contributed by atoms with Gasteiger partial charge in [0.2, 0.25) is 0 Å². The highest BCUT2D eigenvalue weighted by molar-refractivity contribution is 8.21. The van der Waals surface area contributed by atoms with Crippen LogP contribution in [0.15, 0.2) is 34.6 Å². The van der Waals surface area contributed by atoms with Crippen molar-refractivity contribution in [3.63, 3.8) is 0 Å². The second kappa shape index (κ2) is 11.4. The van der Waals surface area contributed by atoms with Crippen LogP contribution in [-0.2, 0) is 9.53 Å². The molecule has 1 fully saturated rings. The maximum Gasteiger partial charge on any atom is 0.200 e. The van der Waals surface area contributed by atoms with Crippen LogP contribution in [0.2, 0.25) is 0 Å². The zero-order valence-electron chi connectivity index (χ0n) is 15.5. The van der Waals surface area contributed by atoms with Crippen LogP contribution in [0.4, 0.5) is 0 Å². The van der Waals surface area contributed by atoms with Crippen molar-refractivity contribution >= 4 is 35.4 Å². The number of hydrogen-bond donors (Lipinski definition) is 0. The molecule has 0 bridgehead atoms. The van der Waals surface area contributed by atoms with E-state index in [1.165, 1.54) is 0 Å². The molecular weight excluding hydrogens is 368 g/mol. The number of allylic oxidation sites excluding steroid dienone is 2. The van der Waals surface area contributed by atoms with Gasteiger partial charge in [0.1, 0.15) is 0 Å². The van der Waals surface area contributed by atoms with Gasteiger partial charge in [-0.1, -0.05) is 12.1 Å². The maximum atomic E-state index is 12.0. The van der Waals surface area contributed by atoms with Gasteiger partial charge in [-0.15, -0.1) is 23.5 Å². The monoisotopic (exact) mass is 394 g/mol. The van der Waals surface area contributed by atoms with Gasteiger partial charge in [0.25, 0.3) is 0 Å². The lowest BCUT2D eigenvalue weighted by Crippen LogP contribution is -2.25. The quantitative estimate of drug-likeness (QED) is 0.540. The Bertz CT molecular complexity index is 643. The number of ether oxygens (including phenoxy) is 3. The number of hydrogen-bond acceptors (Lipinski definition) is 6. The first kappa shape index (κ1) is 20.9. The summed E-state index contributed by atoms with van der Waals surface area (Å²) in [6.45, 7) is 3.21. The third kappa shape index (κ3) is 6.74. The van der Waals surface area contributed by atoms with E-state index in [1.54, 1.807) is 41.8 Å². The van der Waals surface area contributed by atoms with Gasteiger partial charge in [0.05, 0.1) is 13.2 Å². The topological polar surface area (TPSA) is 44.8 Å². The molecule has 0 saturated carbocycles. The van der Waals surface area contributed by atoms with E-state index in [-0.39, 0.29) is 12.1 Å². The van der Waals surface area contributed by atoms with Gasteiger partial charge in [-0.2, -0.15) is 0 Å². The Balaban J connectivity index is 2.09. The molecule has 0 aliphatic carbocycles. The molecule has 0 aromatic heterocycles. The molecule has 26 heavy (non-hydrogen) atoms. The zero-order chi connectivity index (χ0) is 18.8. The fourth-order valence-electron chi connectivity index (χ4n) is 2.48. The summed E-state index contributed by atoms with van der Waals surface area (Å²) in [5, 5.41) is 0. The molecule has 0 amide bonds. The standard InChI is InChI=1S/C20H26O4S2/c1-4-22-18-13-15(8-10-16(21)14-20(25-2)26-3)9-11-17(18)24-19-7-5-6-12-23-19/h8-11,13-14,19H,4-7,12H2,1-3H3/b10-8+. The summed E-state index contributed by atoms with van der Waals surface area (Å²) in [5.41, 5.74) is 0.891. The summed E-state index contributed by atoms with van der Waals surface area (Å²) in [4.78, 5) is 12.0. The van der Waals surface area contributed by atoms with Crippen molar-refractivity contribution in [3.8, 4) is 11.5 Å². The van der Waals surface area contributed by atoms with E-state index < -0.39 is 0 Å². The SMILES string of the molecule is CCOc1cc(/C=C/C(=O)C=C(SC)SC)ccc1OC1CCCCO1. The lowest BCUT2D eigenvalue weighted by Gasteiger charge is -2.24. The van der Waals surface area contributed by atoms with Crippen LogP contribution in [0.1, 0.15) is 31.7 Å². The van der Waals surface area contributed by atoms with Crippen molar-refractivity contribution in [1.82, 2.24) is 0 Å². The summed E-state index contributed by atoms with van der Waals surface area (Å²) in [7, 11) is 0. The number of carbonyl (C=O) groups is 1. The van der Waals surface area contributed by atoms with Gasteiger partial charge in [0, 0.05) is 16.7 Å². The first-order valence-corrected chi connectivity index (χ1v) is 11.2. The molecule has 0 spiro atoms. The molecule has 2 rings (SSSR count). The Hall–Kier alpha value is -1.37. The van der Waals surface area contributed by atoms with Gasteiger partial charge in [0.15, 0.2) is 23.6 Å². The summed E-state index contributed by atoms with van der Waals surface area (Å²) in [5.74, 6) is 1.31. The van der Waals surface area contributed by atoms with Gasteiger partial charge in [-0.05, 0) is 56.0 Å². The molecule has 1 aliphatic rings. The van der Waals surface area contributed by atoms with E-state index in [0.29, 0.717) is 18.1 Å². The second-order valence-electron chi connectivity index (χ2n) is 5.66. The van der Waals surface area contributed by atoms with E-state index in [0.717, 1.165) is 35.7 Å². The molecule has 1 unspecified atom stereocenters. The number of benzene rings is 1. The van der Waals surface area contributed by atoms with Crippen LogP contribution in [0.5, 0.6) is 11.5 Å². The van der Waals surface area contributed by atoms with Gasteiger partial charge in [-0.25, -0.2) is 0 Å². The number of rotatable bonds is 9. The molecule has 1 atom stereocenters. The van der Waals surface area contributed by atoms with E-state index in [4.69, 9.17) is 14.2 Å². The fourth-order valence-corrected chi connectivity index (χ4v) is 3.62. The normalized spacial score (nSPS) is 17.1. The summed E-state index contributed by atoms with van der Waals surface area (Å²) in [6.07, 6.45) is 11.8. The Morgan fingerprint density at radius 1 is 1.27 bits per heavy atom. The molecule has 1 saturated heterocycles. The average molecular weight is 395 g/mol. The number of carbonyl (C=O) groups excluding carboxylic acids is 1. The van der Waals surface area contributed by atoms with E-state index in [1.807, 2.05) is 37.6 Å². The predicted octanol–water partition coefficient (Wildman–Crippen LogP) is 5.14. The van der Waals surface area contributed by atoms with Crippen molar-refractivity contribution in [2.75, 3.05) is 25.7 Å². The molecular formula is C20H26O4S2. The zero-order valence-corrected chi connectivity index (χ0v) is 17.2. The Morgan fingerprint density at radius 2 is 2.08 bits per heavy atom. The molecule has 0 radical (unpaired) electrons. The van der Waals surface area contributed by atoms with Crippen LogP contribution in [0, 0.1) is 0 Å². The van der Waals surface area contributed by atoms with E-state index in [2.05, 4.69) is 0 Å². The number of thioether (sulfide) groups is 2. The van der Waals surface area contributed by atoms with Crippen molar-refractivity contribution in [1.29, 1.82) is 0 Å². The molecule has 1 aliphatic heterocycles. The van der Waals surface area contributed by atoms with Crippen LogP contribution >= 0.6 is 23.5 Å². The molecule has 1 aromatic carbocycles. The van der Waals surface area contributed by atoms with Crippen LogP contribution < -0.4 is 9.47 Å². The molecule has 1 aromatic rings. The highest BCUT2D eigenvalue weighted by atomic mass is 32.2. The average Bonchev–Trinajstić information content (AvgIpc) is 2.67. The smallest absolute Gasteiger partial charge is 0.200 e. The third-order valence-electron chi connectivity index (χ3n) is 3.77. The minimum atomic E-state index is -0.215. The van der Waals surface area contributed by atoms with Crippen LogP contribution in [0.25, 0.3) is 6.08 Å². The van der Waals surface area contributed by atoms with Crippen molar-refractivity contribution in [3.05, 3.63) is 40.2 Å². The third-order valence-corrected chi connectivity index (χ3v) is 5.81. The van der Waals surface area contributed by atoms with Crippen molar-refractivity contribution < 1.29 is 19.0 Å². The Kier molecular flexibility index (Phi) is 9.15. The Labute approximate surface area is 164 Å². The van der Waals surface area contributed by atoms with Gasteiger partial charge < -0.3 is 14.2 Å². The first-order valence-electron chi connectivity index (χ1n) is 8.73. The van der Waals surface area contributed by atoms with E-state index in [9.17, 15) is 4.79 Å². The minimum Gasteiger partial charge on any atom is -0.490 e. The Morgan fingerprint density at radius 3 is 2.73 bits per heavy atom. The van der Waals surface area contributed by atoms with Gasteiger partial charge >= 0.3 is 0 Å². The molecule has 6 heteroatoms. The number of ketones is 1. The lowest BCUT2D eigenvalue weighted by atomic mass is 10.1. The predicted molar refractivity (Wildman–Crippen MR) is 111 cm³/mol. The highest BCUT2D eigenvalue weighted by Gasteiger charge is 2.17. The van der Waals surface area contributed by atoms with Crippen LogP contribution in [0.3, 0.4) is 0 Å². The lowest BCUT2D eigenvalue weighted by molar-refractivity contribution is -0.110. The maximum absolute atomic E-state index is 12.0. The van der Waals surface area contributed by atoms with Gasteiger partial charge in [-0.3, -0.25) is 4.79 Å². The summed E-state index contributed by atoms with van der Waals surface area (Å²) in [6, 6.07) is 5.68. The highest BCUT2D eigenvalue weighted by Crippen LogP contribution is 2.31. The van der Waals surface area contributed by atoms with Crippen molar-refractivity contribution in [2.24, 2.45) is 0 Å². The van der Waals surface area contributed by atoms with Crippen LogP contribution in [-0.4, -0.2) is 37.8 Å². The summed E-state index contributed by atoms with van der Waals surface area (Å²) < 4.78 is 18.3. The molecule has 1 heterocycles. The minimum absolute atomic E-state index is 0.0300. The molecule has 142 valence electrons. The first-order chi connectivity index (χ1) is 12.7. The molecule has 4 nitrogen and oxygen atoms in total. The fraction of sp³-hybridized carbons (Fsp3) is 0.450.